The van der Waals surface area contributed by atoms with Gasteiger partial charge in [0.25, 0.3) is 0 Å². The van der Waals surface area contributed by atoms with Gasteiger partial charge >= 0.3 is 0 Å². The highest BCUT2D eigenvalue weighted by Gasteiger charge is 2.12. The summed E-state index contributed by atoms with van der Waals surface area (Å²) in [7, 11) is 3.18. The molecule has 0 atom stereocenters. The Labute approximate surface area is 120 Å². The van der Waals surface area contributed by atoms with E-state index in [2.05, 4.69) is 9.97 Å². The van der Waals surface area contributed by atoms with Crippen LogP contribution in [-0.4, -0.2) is 24.2 Å². The summed E-state index contributed by atoms with van der Waals surface area (Å²) in [6, 6.07) is 7.11. The van der Waals surface area contributed by atoms with Gasteiger partial charge in [-0.15, -0.1) is 0 Å². The molecular formula is C14H11ClN2O3. The summed E-state index contributed by atoms with van der Waals surface area (Å²) < 4.78 is 16.1. The van der Waals surface area contributed by atoms with Gasteiger partial charge in [-0.2, -0.15) is 0 Å². The maximum absolute atomic E-state index is 5.89. The van der Waals surface area contributed by atoms with Gasteiger partial charge < -0.3 is 13.9 Å². The summed E-state index contributed by atoms with van der Waals surface area (Å²) in [5.41, 5.74) is 1.79. The van der Waals surface area contributed by atoms with Gasteiger partial charge in [0.05, 0.1) is 19.2 Å². The number of benzene rings is 1. The maximum Gasteiger partial charge on any atom is 0.247 e. The third kappa shape index (κ3) is 2.28. The SMILES string of the molecule is COc1cc(OC)cc(-c2nc3cc(Cl)cnc3o2)c1. The van der Waals surface area contributed by atoms with Crippen molar-refractivity contribution in [2.75, 3.05) is 14.2 Å². The van der Waals surface area contributed by atoms with Crippen LogP contribution in [0.25, 0.3) is 22.7 Å². The number of ether oxygens (including phenoxy) is 2. The van der Waals surface area contributed by atoms with Crippen LogP contribution in [0.1, 0.15) is 0 Å². The highest BCUT2D eigenvalue weighted by molar-refractivity contribution is 6.30. The summed E-state index contributed by atoms with van der Waals surface area (Å²) in [6.07, 6.45) is 1.52. The van der Waals surface area contributed by atoms with Crippen LogP contribution in [0.5, 0.6) is 11.5 Å². The molecule has 0 fully saturated rings. The fourth-order valence-electron chi connectivity index (χ4n) is 1.85. The smallest absolute Gasteiger partial charge is 0.247 e. The molecule has 3 rings (SSSR count). The molecular weight excluding hydrogens is 280 g/mol. The summed E-state index contributed by atoms with van der Waals surface area (Å²) in [6.45, 7) is 0. The Balaban J connectivity index is 2.14. The molecule has 1 aromatic carbocycles. The third-order valence-corrected chi connectivity index (χ3v) is 3.02. The van der Waals surface area contributed by atoms with Gasteiger partial charge in [0.1, 0.15) is 17.0 Å². The van der Waals surface area contributed by atoms with Gasteiger partial charge in [0.15, 0.2) is 0 Å². The number of hydrogen-bond acceptors (Lipinski definition) is 5. The van der Waals surface area contributed by atoms with E-state index in [-0.39, 0.29) is 0 Å². The zero-order valence-corrected chi connectivity index (χ0v) is 11.6. The average Bonchev–Trinajstić information content (AvgIpc) is 2.89. The molecule has 0 radical (unpaired) electrons. The molecule has 0 bridgehead atoms. The van der Waals surface area contributed by atoms with Crippen LogP contribution < -0.4 is 9.47 Å². The van der Waals surface area contributed by atoms with Crippen LogP contribution >= 0.6 is 11.6 Å². The van der Waals surface area contributed by atoms with Crippen molar-refractivity contribution in [3.05, 3.63) is 35.5 Å². The highest BCUT2D eigenvalue weighted by atomic mass is 35.5. The number of hydrogen-bond donors (Lipinski definition) is 0. The number of fused-ring (bicyclic) bond motifs is 1. The first-order valence-electron chi connectivity index (χ1n) is 5.85. The van der Waals surface area contributed by atoms with E-state index in [9.17, 15) is 0 Å². The lowest BCUT2D eigenvalue weighted by Gasteiger charge is -2.05. The molecule has 2 aromatic heterocycles. The number of methoxy groups -OCH3 is 2. The third-order valence-electron chi connectivity index (χ3n) is 2.81. The molecule has 0 aliphatic carbocycles. The van der Waals surface area contributed by atoms with Crippen LogP contribution in [0.4, 0.5) is 0 Å². The number of oxazole rings is 1. The lowest BCUT2D eigenvalue weighted by molar-refractivity contribution is 0.394. The van der Waals surface area contributed by atoms with Crippen LogP contribution in [0.15, 0.2) is 34.9 Å². The Morgan fingerprint density at radius 3 is 2.40 bits per heavy atom. The van der Waals surface area contributed by atoms with E-state index in [1.807, 2.05) is 12.1 Å². The van der Waals surface area contributed by atoms with Crippen LogP contribution in [-0.2, 0) is 0 Å². The van der Waals surface area contributed by atoms with E-state index < -0.39 is 0 Å². The maximum atomic E-state index is 5.89. The summed E-state index contributed by atoms with van der Waals surface area (Å²) >= 11 is 5.89. The van der Waals surface area contributed by atoms with Crippen molar-refractivity contribution in [3.8, 4) is 23.0 Å². The number of pyridine rings is 1. The predicted molar refractivity (Wildman–Crippen MR) is 75.4 cm³/mol. The van der Waals surface area contributed by atoms with E-state index in [1.54, 1.807) is 26.4 Å². The highest BCUT2D eigenvalue weighted by Crippen LogP contribution is 2.31. The number of nitrogens with zero attached hydrogens (tertiary/aromatic N) is 2. The molecule has 0 aliphatic heterocycles. The molecule has 3 aromatic rings. The molecule has 5 nitrogen and oxygen atoms in total. The summed E-state index contributed by atoms with van der Waals surface area (Å²) in [4.78, 5) is 8.46. The van der Waals surface area contributed by atoms with E-state index in [0.29, 0.717) is 33.6 Å². The van der Waals surface area contributed by atoms with E-state index in [0.717, 1.165) is 5.56 Å². The fraction of sp³-hybridized carbons (Fsp3) is 0.143. The fourth-order valence-corrected chi connectivity index (χ4v) is 2.01. The second kappa shape index (κ2) is 5.02. The molecule has 0 aliphatic rings. The van der Waals surface area contributed by atoms with Crippen molar-refractivity contribution in [2.45, 2.75) is 0 Å². The molecule has 6 heteroatoms. The monoisotopic (exact) mass is 290 g/mol. The second-order valence-corrected chi connectivity index (χ2v) is 4.53. The first kappa shape index (κ1) is 12.7. The quantitative estimate of drug-likeness (QED) is 0.738. The summed E-state index contributed by atoms with van der Waals surface area (Å²) in [5, 5.41) is 0.514. The Bertz CT molecular complexity index is 748. The van der Waals surface area contributed by atoms with Crippen molar-refractivity contribution < 1.29 is 13.9 Å². The predicted octanol–water partition coefficient (Wildman–Crippen LogP) is 3.56. The van der Waals surface area contributed by atoms with Crippen molar-refractivity contribution in [1.29, 1.82) is 0 Å². The van der Waals surface area contributed by atoms with Gasteiger partial charge in [0.2, 0.25) is 11.6 Å². The van der Waals surface area contributed by atoms with Gasteiger partial charge in [-0.05, 0) is 18.2 Å². The first-order valence-corrected chi connectivity index (χ1v) is 6.23. The van der Waals surface area contributed by atoms with E-state index in [4.69, 9.17) is 25.5 Å². The first-order chi connectivity index (χ1) is 9.69. The zero-order chi connectivity index (χ0) is 14.1. The normalized spacial score (nSPS) is 10.8. The molecule has 0 amide bonds. The lowest BCUT2D eigenvalue weighted by atomic mass is 10.2. The van der Waals surface area contributed by atoms with E-state index >= 15 is 0 Å². The van der Waals surface area contributed by atoms with Gasteiger partial charge in [-0.1, -0.05) is 11.6 Å². The van der Waals surface area contributed by atoms with E-state index in [1.165, 1.54) is 6.20 Å². The molecule has 2 heterocycles. The second-order valence-electron chi connectivity index (χ2n) is 4.10. The molecule has 0 saturated heterocycles. The Morgan fingerprint density at radius 1 is 1.05 bits per heavy atom. The van der Waals surface area contributed by atoms with Crippen molar-refractivity contribution in [3.63, 3.8) is 0 Å². The summed E-state index contributed by atoms with van der Waals surface area (Å²) in [5.74, 6) is 1.76. The van der Waals surface area contributed by atoms with Crippen LogP contribution in [0.3, 0.4) is 0 Å². The van der Waals surface area contributed by atoms with Crippen molar-refractivity contribution >= 4 is 22.8 Å². The van der Waals surface area contributed by atoms with Crippen LogP contribution in [0, 0.1) is 0 Å². The Hall–Kier alpha value is -2.27. The van der Waals surface area contributed by atoms with Crippen molar-refractivity contribution in [1.82, 2.24) is 9.97 Å². The lowest BCUT2D eigenvalue weighted by Crippen LogP contribution is -1.88. The Kier molecular flexibility index (Phi) is 3.20. The Morgan fingerprint density at radius 2 is 1.75 bits per heavy atom. The number of halogens is 1. The van der Waals surface area contributed by atoms with Crippen molar-refractivity contribution in [2.24, 2.45) is 0 Å². The zero-order valence-electron chi connectivity index (χ0n) is 10.9. The molecule has 0 spiro atoms. The molecule has 0 N–H and O–H groups in total. The molecule has 0 saturated carbocycles. The molecule has 0 unspecified atom stereocenters. The minimum atomic E-state index is 0.436. The van der Waals surface area contributed by atoms with Gasteiger partial charge in [-0.3, -0.25) is 0 Å². The van der Waals surface area contributed by atoms with Gasteiger partial charge in [-0.25, -0.2) is 9.97 Å². The standard InChI is InChI=1S/C14H11ClN2O3/c1-18-10-3-8(4-11(6-10)19-2)13-17-12-5-9(15)7-16-14(12)20-13/h3-7H,1-2H3. The molecule has 20 heavy (non-hydrogen) atoms. The number of aromatic nitrogens is 2. The van der Waals surface area contributed by atoms with Crippen LogP contribution in [0.2, 0.25) is 5.02 Å². The number of rotatable bonds is 3. The minimum Gasteiger partial charge on any atom is -0.497 e. The minimum absolute atomic E-state index is 0.436. The van der Waals surface area contributed by atoms with Gasteiger partial charge in [0, 0.05) is 17.8 Å². The topological polar surface area (TPSA) is 57.4 Å². The largest absolute Gasteiger partial charge is 0.497 e. The average molecular weight is 291 g/mol. The molecule has 102 valence electrons.